The van der Waals surface area contributed by atoms with E-state index in [4.69, 9.17) is 0 Å². The number of carbonyl (C=O) groups is 1. The first-order valence-corrected chi connectivity index (χ1v) is 7.43. The Morgan fingerprint density at radius 2 is 2.00 bits per heavy atom. The lowest BCUT2D eigenvalue weighted by Gasteiger charge is -2.22. The van der Waals surface area contributed by atoms with Crippen LogP contribution in [0.4, 0.5) is 0 Å². The number of likely N-dealkylation sites (tertiary alicyclic amines) is 1. The number of hydrogen-bond acceptors (Lipinski definition) is 3. The van der Waals surface area contributed by atoms with Crippen LogP contribution in [0.25, 0.3) is 0 Å². The first-order chi connectivity index (χ1) is 9.37. The number of hydrogen-bond donors (Lipinski definition) is 1. The van der Waals surface area contributed by atoms with Gasteiger partial charge in [-0.3, -0.25) is 9.69 Å². The van der Waals surface area contributed by atoms with E-state index in [-0.39, 0.29) is 5.78 Å². The van der Waals surface area contributed by atoms with Crippen LogP contribution < -0.4 is 0 Å². The molecule has 0 aromatic heterocycles. The average molecular weight is 275 g/mol. The zero-order valence-corrected chi connectivity index (χ0v) is 12.8. The summed E-state index contributed by atoms with van der Waals surface area (Å²) in [6, 6.07) is 5.90. The fourth-order valence-electron chi connectivity index (χ4n) is 2.69. The van der Waals surface area contributed by atoms with Crippen LogP contribution in [0.3, 0.4) is 0 Å². The summed E-state index contributed by atoms with van der Waals surface area (Å²) in [4.78, 5) is 14.5. The van der Waals surface area contributed by atoms with E-state index >= 15 is 0 Å². The molecule has 0 radical (unpaired) electrons. The first kappa shape index (κ1) is 15.2. The quantitative estimate of drug-likeness (QED) is 0.862. The van der Waals surface area contributed by atoms with Gasteiger partial charge < -0.3 is 5.11 Å². The second-order valence-corrected chi connectivity index (χ2v) is 6.35. The predicted molar refractivity (Wildman–Crippen MR) is 81.2 cm³/mol. The largest absolute Gasteiger partial charge is 0.390 e. The molecule has 20 heavy (non-hydrogen) atoms. The number of benzene rings is 1. The summed E-state index contributed by atoms with van der Waals surface area (Å²) in [7, 11) is 0. The van der Waals surface area contributed by atoms with Crippen molar-refractivity contribution < 1.29 is 9.90 Å². The van der Waals surface area contributed by atoms with Crippen LogP contribution in [0, 0.1) is 13.8 Å². The zero-order valence-electron chi connectivity index (χ0n) is 12.8. The molecule has 1 aromatic carbocycles. The minimum atomic E-state index is -0.571. The van der Waals surface area contributed by atoms with Crippen LogP contribution in [0.15, 0.2) is 18.2 Å². The maximum absolute atomic E-state index is 12.3. The van der Waals surface area contributed by atoms with Gasteiger partial charge in [0.15, 0.2) is 5.78 Å². The molecule has 1 N–H and O–H groups in total. The summed E-state index contributed by atoms with van der Waals surface area (Å²) >= 11 is 0. The number of ketones is 1. The van der Waals surface area contributed by atoms with Crippen LogP contribution in [0.2, 0.25) is 0 Å². The molecular formula is C17H25NO2. The molecule has 0 amide bonds. The van der Waals surface area contributed by atoms with Crippen LogP contribution in [0.1, 0.15) is 47.7 Å². The van der Waals surface area contributed by atoms with Crippen LogP contribution in [-0.4, -0.2) is 41.0 Å². The fourth-order valence-corrected chi connectivity index (χ4v) is 2.69. The monoisotopic (exact) mass is 275 g/mol. The van der Waals surface area contributed by atoms with E-state index in [9.17, 15) is 9.90 Å². The van der Waals surface area contributed by atoms with Crippen LogP contribution in [0.5, 0.6) is 0 Å². The number of carbonyl (C=O) groups excluding carboxylic acids is 1. The Hall–Kier alpha value is -1.19. The maximum atomic E-state index is 12.3. The van der Waals surface area contributed by atoms with Gasteiger partial charge in [-0.1, -0.05) is 12.1 Å². The van der Waals surface area contributed by atoms with Crippen molar-refractivity contribution >= 4 is 5.78 Å². The van der Waals surface area contributed by atoms with Gasteiger partial charge in [0.1, 0.15) is 0 Å². The number of nitrogens with zero attached hydrogens (tertiary/aromatic N) is 1. The summed E-state index contributed by atoms with van der Waals surface area (Å²) in [6.07, 6.45) is 2.52. The maximum Gasteiger partial charge on any atom is 0.176 e. The van der Waals surface area contributed by atoms with E-state index in [0.717, 1.165) is 43.5 Å². The van der Waals surface area contributed by atoms with Gasteiger partial charge in [-0.2, -0.15) is 0 Å². The highest BCUT2D eigenvalue weighted by molar-refractivity contribution is 5.97. The molecule has 0 bridgehead atoms. The van der Waals surface area contributed by atoms with Crippen molar-refractivity contribution in [3.05, 3.63) is 34.9 Å². The number of aryl methyl sites for hydroxylation is 2. The molecule has 110 valence electrons. The van der Waals surface area contributed by atoms with Crippen molar-refractivity contribution in [1.29, 1.82) is 0 Å². The first-order valence-electron chi connectivity index (χ1n) is 7.43. The van der Waals surface area contributed by atoms with Gasteiger partial charge in [0.25, 0.3) is 0 Å². The van der Waals surface area contributed by atoms with Crippen molar-refractivity contribution in [2.75, 3.05) is 19.6 Å². The molecule has 1 saturated heterocycles. The highest BCUT2D eigenvalue weighted by Crippen LogP contribution is 2.21. The minimum Gasteiger partial charge on any atom is -0.390 e. The molecule has 1 atom stereocenters. The van der Waals surface area contributed by atoms with E-state index in [1.807, 2.05) is 32.0 Å². The molecule has 0 saturated carbocycles. The normalized spacial score (nSPS) is 24.4. The molecular weight excluding hydrogens is 250 g/mol. The van der Waals surface area contributed by atoms with Gasteiger partial charge in [0, 0.05) is 12.1 Å². The van der Waals surface area contributed by atoms with Crippen molar-refractivity contribution in [3.8, 4) is 0 Å². The molecule has 3 nitrogen and oxygen atoms in total. The molecule has 1 heterocycles. The number of aliphatic hydroxyl groups is 1. The minimum absolute atomic E-state index is 0.176. The SMILES string of the molecule is Cc1ccc(C(=O)CN2CCCC(C)(O)CC2)cc1C. The van der Waals surface area contributed by atoms with Gasteiger partial charge in [0.05, 0.1) is 12.1 Å². The Morgan fingerprint density at radius 3 is 2.70 bits per heavy atom. The number of rotatable bonds is 3. The smallest absolute Gasteiger partial charge is 0.176 e. The van der Waals surface area contributed by atoms with Crippen LogP contribution in [-0.2, 0) is 0 Å². The Morgan fingerprint density at radius 1 is 1.25 bits per heavy atom. The lowest BCUT2D eigenvalue weighted by molar-refractivity contribution is 0.0444. The highest BCUT2D eigenvalue weighted by atomic mass is 16.3. The third-order valence-electron chi connectivity index (χ3n) is 4.35. The van der Waals surface area contributed by atoms with E-state index in [0.29, 0.717) is 6.54 Å². The van der Waals surface area contributed by atoms with E-state index in [1.165, 1.54) is 5.56 Å². The average Bonchev–Trinajstić information content (AvgIpc) is 2.54. The van der Waals surface area contributed by atoms with Gasteiger partial charge in [0.2, 0.25) is 0 Å². The molecule has 1 unspecified atom stereocenters. The van der Waals surface area contributed by atoms with Crippen molar-refractivity contribution in [2.45, 2.75) is 45.6 Å². The molecule has 1 aliphatic heterocycles. The Kier molecular flexibility index (Phi) is 4.61. The Bertz CT molecular complexity index is 494. The molecule has 3 heteroatoms. The summed E-state index contributed by atoms with van der Waals surface area (Å²) in [5.74, 6) is 0.176. The number of Topliss-reactive ketones (excluding diaryl/α,β-unsaturated/α-hetero) is 1. The topological polar surface area (TPSA) is 40.5 Å². The van der Waals surface area contributed by atoms with Gasteiger partial charge in [-0.15, -0.1) is 0 Å². The molecule has 1 aromatic rings. The summed E-state index contributed by atoms with van der Waals surface area (Å²) in [6.45, 7) is 8.13. The molecule has 2 rings (SSSR count). The highest BCUT2D eigenvalue weighted by Gasteiger charge is 2.25. The lowest BCUT2D eigenvalue weighted by atomic mass is 9.98. The zero-order chi connectivity index (χ0) is 14.8. The summed E-state index contributed by atoms with van der Waals surface area (Å²) in [5, 5.41) is 10.1. The fraction of sp³-hybridized carbons (Fsp3) is 0.588. The van der Waals surface area contributed by atoms with Crippen molar-refractivity contribution in [2.24, 2.45) is 0 Å². The standard InChI is InChI=1S/C17H25NO2/c1-13-5-6-15(11-14(13)2)16(19)12-18-9-4-7-17(3,20)8-10-18/h5-6,11,20H,4,7-10,12H2,1-3H3. The van der Waals surface area contributed by atoms with E-state index < -0.39 is 5.60 Å². The second kappa shape index (κ2) is 6.06. The lowest BCUT2D eigenvalue weighted by Crippen LogP contribution is -2.32. The van der Waals surface area contributed by atoms with Gasteiger partial charge in [-0.05, 0) is 63.8 Å². The Labute approximate surface area is 121 Å². The summed E-state index contributed by atoms with van der Waals surface area (Å²) < 4.78 is 0. The van der Waals surface area contributed by atoms with Crippen molar-refractivity contribution in [3.63, 3.8) is 0 Å². The predicted octanol–water partition coefficient (Wildman–Crippen LogP) is 2.72. The van der Waals surface area contributed by atoms with Crippen LogP contribution >= 0.6 is 0 Å². The Balaban J connectivity index is 1.99. The van der Waals surface area contributed by atoms with E-state index in [2.05, 4.69) is 11.8 Å². The second-order valence-electron chi connectivity index (χ2n) is 6.35. The van der Waals surface area contributed by atoms with Crippen molar-refractivity contribution in [1.82, 2.24) is 4.90 Å². The third kappa shape index (κ3) is 3.90. The molecule has 1 fully saturated rings. The molecule has 0 aliphatic carbocycles. The van der Waals surface area contributed by atoms with Gasteiger partial charge in [-0.25, -0.2) is 0 Å². The third-order valence-corrected chi connectivity index (χ3v) is 4.35. The molecule has 1 aliphatic rings. The summed E-state index contributed by atoms with van der Waals surface area (Å²) in [5.41, 5.74) is 2.60. The van der Waals surface area contributed by atoms with E-state index in [1.54, 1.807) is 0 Å². The molecule has 0 spiro atoms. The van der Waals surface area contributed by atoms with Gasteiger partial charge >= 0.3 is 0 Å².